The maximum Gasteiger partial charge on any atom is 0.309 e. The van der Waals surface area contributed by atoms with Crippen LogP contribution in [0.5, 0.6) is 0 Å². The number of hydrogen-bond donors (Lipinski definition) is 3. The van der Waals surface area contributed by atoms with Crippen molar-refractivity contribution in [1.82, 2.24) is 10.2 Å². The van der Waals surface area contributed by atoms with Crippen LogP contribution in [0.15, 0.2) is 30.3 Å². The van der Waals surface area contributed by atoms with Crippen molar-refractivity contribution in [3.8, 4) is 0 Å². The second-order valence-electron chi connectivity index (χ2n) is 4.43. The number of carboxylic acids is 2. The molecule has 0 radical (unpaired) electrons. The summed E-state index contributed by atoms with van der Waals surface area (Å²) in [6.07, 6.45) is -0.0226. The Hall–Kier alpha value is -2.63. The summed E-state index contributed by atoms with van der Waals surface area (Å²) in [6.45, 7) is 0. The van der Waals surface area contributed by atoms with Gasteiger partial charge in [-0.1, -0.05) is 30.3 Å². The Kier molecular flexibility index (Phi) is 4.14. The molecule has 20 heavy (non-hydrogen) atoms. The van der Waals surface area contributed by atoms with Gasteiger partial charge in [0.25, 0.3) is 0 Å². The largest absolute Gasteiger partial charge is 0.481 e. The number of hydrogen-bond acceptors (Lipinski definition) is 3. The number of nitrogens with one attached hydrogen (secondary N) is 1. The average molecular weight is 274 g/mol. The van der Waals surface area contributed by atoms with E-state index in [1.165, 1.54) is 0 Å². The fraction of sp³-hybridized carbons (Fsp3) is 0.214. The number of nitrogens with zero attached hydrogens (tertiary/aromatic N) is 1. The fourth-order valence-electron chi connectivity index (χ4n) is 2.04. The lowest BCUT2D eigenvalue weighted by Crippen LogP contribution is -2.08. The molecule has 3 N–H and O–H groups in total. The van der Waals surface area contributed by atoms with E-state index in [0.717, 1.165) is 5.56 Å². The normalized spacial score (nSPS) is 10.4. The van der Waals surface area contributed by atoms with Gasteiger partial charge >= 0.3 is 11.9 Å². The van der Waals surface area contributed by atoms with Crippen molar-refractivity contribution in [3.63, 3.8) is 0 Å². The molecule has 0 amide bonds. The minimum absolute atomic E-state index is 0.235. The number of carbonyl (C=O) groups is 2. The van der Waals surface area contributed by atoms with Crippen LogP contribution in [-0.2, 0) is 28.9 Å². The standard InChI is InChI=1S/C14H14N2O4/c17-13(18)7-10-11(6-9-4-2-1-3-5-9)15-16-12(10)8-14(19)20/h1-5H,6-8H2,(H,15,16)(H,17,18)(H,19,20). The Bertz CT molecular complexity index is 619. The van der Waals surface area contributed by atoms with Crippen LogP contribution in [0.4, 0.5) is 0 Å². The lowest BCUT2D eigenvalue weighted by molar-refractivity contribution is -0.137. The van der Waals surface area contributed by atoms with Gasteiger partial charge in [-0.3, -0.25) is 14.7 Å². The van der Waals surface area contributed by atoms with E-state index in [9.17, 15) is 9.59 Å². The minimum atomic E-state index is -1.03. The molecule has 104 valence electrons. The summed E-state index contributed by atoms with van der Waals surface area (Å²) in [7, 11) is 0. The SMILES string of the molecule is O=C(O)Cc1n[nH]c(Cc2ccccc2)c1CC(=O)O. The molecule has 0 saturated carbocycles. The van der Waals surface area contributed by atoms with Gasteiger partial charge in [0, 0.05) is 17.7 Å². The monoisotopic (exact) mass is 274 g/mol. The first-order valence-electron chi connectivity index (χ1n) is 6.08. The maximum absolute atomic E-state index is 10.9. The second kappa shape index (κ2) is 6.01. The molecule has 2 rings (SSSR count). The van der Waals surface area contributed by atoms with E-state index in [1.54, 1.807) is 0 Å². The molecule has 0 spiro atoms. The van der Waals surface area contributed by atoms with Gasteiger partial charge in [0.05, 0.1) is 18.5 Å². The molecule has 0 aliphatic rings. The van der Waals surface area contributed by atoms with E-state index in [4.69, 9.17) is 10.2 Å². The highest BCUT2D eigenvalue weighted by atomic mass is 16.4. The summed E-state index contributed by atoms with van der Waals surface area (Å²) in [4.78, 5) is 21.7. The molecule has 1 aromatic heterocycles. The molecule has 0 aliphatic heterocycles. The first-order chi connectivity index (χ1) is 9.56. The van der Waals surface area contributed by atoms with E-state index in [2.05, 4.69) is 10.2 Å². The molecule has 1 aromatic carbocycles. The van der Waals surface area contributed by atoms with Crippen LogP contribution in [0.25, 0.3) is 0 Å². The van der Waals surface area contributed by atoms with Crippen LogP contribution in [-0.4, -0.2) is 32.3 Å². The fourth-order valence-corrected chi connectivity index (χ4v) is 2.04. The Morgan fingerprint density at radius 1 is 1.05 bits per heavy atom. The molecule has 1 heterocycles. The average Bonchev–Trinajstić information content (AvgIpc) is 2.72. The van der Waals surface area contributed by atoms with Crippen molar-refractivity contribution in [3.05, 3.63) is 52.8 Å². The highest BCUT2D eigenvalue weighted by molar-refractivity contribution is 5.74. The highest BCUT2D eigenvalue weighted by Gasteiger charge is 2.18. The zero-order valence-corrected chi connectivity index (χ0v) is 10.7. The molecule has 0 aliphatic carbocycles. The van der Waals surface area contributed by atoms with Gasteiger partial charge in [0.1, 0.15) is 0 Å². The quantitative estimate of drug-likeness (QED) is 0.735. The van der Waals surface area contributed by atoms with Crippen LogP contribution in [0.1, 0.15) is 22.5 Å². The van der Waals surface area contributed by atoms with Gasteiger partial charge in [0.15, 0.2) is 0 Å². The van der Waals surface area contributed by atoms with Gasteiger partial charge in [0.2, 0.25) is 0 Å². The van der Waals surface area contributed by atoms with Gasteiger partial charge in [-0.05, 0) is 5.56 Å². The molecular weight excluding hydrogens is 260 g/mol. The van der Waals surface area contributed by atoms with Crippen LogP contribution < -0.4 is 0 Å². The van der Waals surface area contributed by atoms with E-state index in [0.29, 0.717) is 17.7 Å². The predicted octanol–water partition coefficient (Wildman–Crippen LogP) is 1.25. The molecule has 0 bridgehead atoms. The Labute approximate surface area is 115 Å². The highest BCUT2D eigenvalue weighted by Crippen LogP contribution is 2.17. The third kappa shape index (κ3) is 3.44. The minimum Gasteiger partial charge on any atom is -0.481 e. The second-order valence-corrected chi connectivity index (χ2v) is 4.43. The number of aliphatic carboxylic acids is 2. The van der Waals surface area contributed by atoms with Gasteiger partial charge in [-0.15, -0.1) is 0 Å². The number of benzene rings is 1. The molecule has 6 heteroatoms. The van der Waals surface area contributed by atoms with Crippen molar-refractivity contribution in [2.45, 2.75) is 19.3 Å². The summed E-state index contributed by atoms with van der Waals surface area (Å²) in [5.74, 6) is -2.04. The van der Waals surface area contributed by atoms with E-state index in [1.807, 2.05) is 30.3 Å². The Morgan fingerprint density at radius 3 is 2.30 bits per heavy atom. The third-order valence-electron chi connectivity index (χ3n) is 2.91. The van der Waals surface area contributed by atoms with Crippen LogP contribution in [0.3, 0.4) is 0 Å². The van der Waals surface area contributed by atoms with E-state index < -0.39 is 11.9 Å². The van der Waals surface area contributed by atoms with Crippen LogP contribution in [0, 0.1) is 0 Å². The number of H-pyrrole nitrogens is 1. The Morgan fingerprint density at radius 2 is 1.70 bits per heavy atom. The summed E-state index contributed by atoms with van der Waals surface area (Å²) in [5, 5.41) is 24.5. The zero-order chi connectivity index (χ0) is 14.5. The summed E-state index contributed by atoms with van der Waals surface area (Å²) >= 11 is 0. The van der Waals surface area contributed by atoms with Crippen molar-refractivity contribution in [1.29, 1.82) is 0 Å². The van der Waals surface area contributed by atoms with E-state index in [-0.39, 0.29) is 18.5 Å². The number of rotatable bonds is 6. The van der Waals surface area contributed by atoms with Crippen molar-refractivity contribution in [2.24, 2.45) is 0 Å². The first-order valence-corrected chi connectivity index (χ1v) is 6.08. The van der Waals surface area contributed by atoms with Gasteiger partial charge in [-0.25, -0.2) is 0 Å². The summed E-state index contributed by atoms with van der Waals surface area (Å²) < 4.78 is 0. The lowest BCUT2D eigenvalue weighted by Gasteiger charge is -2.03. The first kappa shape index (κ1) is 13.8. The number of aromatic nitrogens is 2. The number of carboxylic acid groups (broad SMARTS) is 2. The topological polar surface area (TPSA) is 103 Å². The molecule has 2 aromatic rings. The van der Waals surface area contributed by atoms with E-state index >= 15 is 0 Å². The smallest absolute Gasteiger partial charge is 0.309 e. The molecule has 6 nitrogen and oxygen atoms in total. The van der Waals surface area contributed by atoms with Gasteiger partial charge in [-0.2, -0.15) is 5.10 Å². The predicted molar refractivity (Wildman–Crippen MR) is 70.5 cm³/mol. The number of aromatic amines is 1. The summed E-state index contributed by atoms with van der Waals surface area (Å²) in [6, 6.07) is 9.51. The Balaban J connectivity index is 2.29. The molecule has 0 fully saturated rings. The van der Waals surface area contributed by atoms with Crippen molar-refractivity contribution in [2.75, 3.05) is 0 Å². The van der Waals surface area contributed by atoms with Gasteiger partial charge < -0.3 is 10.2 Å². The molecule has 0 atom stereocenters. The zero-order valence-electron chi connectivity index (χ0n) is 10.7. The van der Waals surface area contributed by atoms with Crippen LogP contribution in [0.2, 0.25) is 0 Å². The maximum atomic E-state index is 10.9. The third-order valence-corrected chi connectivity index (χ3v) is 2.91. The molecule has 0 unspecified atom stereocenters. The van der Waals surface area contributed by atoms with Crippen molar-refractivity contribution >= 4 is 11.9 Å². The van der Waals surface area contributed by atoms with Crippen molar-refractivity contribution < 1.29 is 19.8 Å². The summed E-state index contributed by atoms with van der Waals surface area (Å²) in [5.41, 5.74) is 2.40. The molecular formula is C14H14N2O4. The van der Waals surface area contributed by atoms with Crippen LogP contribution >= 0.6 is 0 Å². The molecule has 0 saturated heterocycles. The lowest BCUT2D eigenvalue weighted by atomic mass is 10.0.